The summed E-state index contributed by atoms with van der Waals surface area (Å²) >= 11 is 1.74. The second kappa shape index (κ2) is 13.9. The van der Waals surface area contributed by atoms with Crippen LogP contribution in [0.3, 0.4) is 0 Å². The van der Waals surface area contributed by atoms with E-state index in [2.05, 4.69) is 25.1 Å². The fourth-order valence-electron chi connectivity index (χ4n) is 4.69. The summed E-state index contributed by atoms with van der Waals surface area (Å²) in [7, 11) is 0. The van der Waals surface area contributed by atoms with E-state index in [0.717, 1.165) is 40.2 Å². The molecule has 1 atom stereocenters. The molecule has 0 saturated heterocycles. The molecular weight excluding hydrogens is 412 g/mol. The largest absolute Gasteiger partial charge is 0.396 e. The smallest absolute Gasteiger partial charge is 0.194 e. The Balaban J connectivity index is 1.43. The minimum Gasteiger partial charge on any atom is -0.396 e. The maximum Gasteiger partial charge on any atom is 0.194 e. The number of benzene rings is 2. The third-order valence-electron chi connectivity index (χ3n) is 6.74. The highest BCUT2D eigenvalue weighted by molar-refractivity contribution is 7.98. The zero-order valence-electron chi connectivity index (χ0n) is 19.8. The van der Waals surface area contributed by atoms with E-state index in [1.807, 2.05) is 24.3 Å². The van der Waals surface area contributed by atoms with Gasteiger partial charge in [0.2, 0.25) is 0 Å². The Hall–Kier alpha value is -1.58. The van der Waals surface area contributed by atoms with Crippen molar-refractivity contribution in [1.82, 2.24) is 0 Å². The third kappa shape index (κ3) is 7.22. The first-order valence-corrected chi connectivity index (χ1v) is 13.7. The summed E-state index contributed by atoms with van der Waals surface area (Å²) in [4.78, 5) is 14.1. The molecule has 0 aliphatic carbocycles. The quantitative estimate of drug-likeness (QED) is 0.293. The van der Waals surface area contributed by atoms with E-state index in [-0.39, 0.29) is 18.3 Å². The second-order valence-corrected chi connectivity index (χ2v) is 10.3. The van der Waals surface area contributed by atoms with E-state index in [1.165, 1.54) is 69.8 Å². The summed E-state index contributed by atoms with van der Waals surface area (Å²) in [5, 5.41) is 10.0. The molecule has 1 aliphatic rings. The molecule has 0 bridgehead atoms. The number of unbranched alkanes of at least 4 members (excludes halogenated alkanes) is 10. The van der Waals surface area contributed by atoms with E-state index in [9.17, 15) is 9.90 Å². The van der Waals surface area contributed by atoms with Crippen molar-refractivity contribution in [3.8, 4) is 0 Å². The molecule has 174 valence electrons. The topological polar surface area (TPSA) is 37.3 Å². The van der Waals surface area contributed by atoms with E-state index in [1.54, 1.807) is 11.8 Å². The molecule has 2 aromatic carbocycles. The molecule has 3 heteroatoms. The van der Waals surface area contributed by atoms with Crippen LogP contribution in [0.2, 0.25) is 0 Å². The summed E-state index contributed by atoms with van der Waals surface area (Å²) in [5.41, 5.74) is 3.91. The van der Waals surface area contributed by atoms with Gasteiger partial charge in [0, 0.05) is 34.3 Å². The average molecular weight is 453 g/mol. The number of carbonyl (C=O) groups excluding carboxylic acids is 1. The zero-order chi connectivity index (χ0) is 22.6. The SMILES string of the molecule is CCCCCCCCCCCCCC(CO)c1ccc2c(c1)SCc1ccccc1C2=O. The number of thioether (sulfide) groups is 1. The predicted octanol–water partition coefficient (Wildman–Crippen LogP) is 8.30. The lowest BCUT2D eigenvalue weighted by molar-refractivity contribution is 0.103. The normalized spacial score (nSPS) is 14.0. The highest BCUT2D eigenvalue weighted by atomic mass is 32.2. The minimum atomic E-state index is 0.123. The van der Waals surface area contributed by atoms with Crippen molar-refractivity contribution >= 4 is 17.5 Å². The van der Waals surface area contributed by atoms with Crippen molar-refractivity contribution in [3.05, 3.63) is 64.7 Å². The number of aliphatic hydroxyl groups excluding tert-OH is 1. The lowest BCUT2D eigenvalue weighted by Gasteiger charge is -2.16. The first kappa shape index (κ1) is 25.1. The van der Waals surface area contributed by atoms with Crippen molar-refractivity contribution < 1.29 is 9.90 Å². The van der Waals surface area contributed by atoms with Crippen LogP contribution >= 0.6 is 11.8 Å². The van der Waals surface area contributed by atoms with E-state index in [4.69, 9.17) is 0 Å². The van der Waals surface area contributed by atoms with Crippen LogP contribution in [-0.2, 0) is 5.75 Å². The van der Waals surface area contributed by atoms with Crippen LogP contribution < -0.4 is 0 Å². The molecule has 0 saturated carbocycles. The van der Waals surface area contributed by atoms with Gasteiger partial charge in [-0.15, -0.1) is 11.8 Å². The fraction of sp³-hybridized carbons (Fsp3) is 0.552. The Bertz CT molecular complexity index is 845. The number of aliphatic hydroxyl groups is 1. The molecule has 32 heavy (non-hydrogen) atoms. The molecule has 1 heterocycles. The summed E-state index contributed by atoms with van der Waals surface area (Å²) in [5.74, 6) is 1.11. The van der Waals surface area contributed by atoms with Crippen molar-refractivity contribution in [3.63, 3.8) is 0 Å². The van der Waals surface area contributed by atoms with Crippen LogP contribution in [0.1, 0.15) is 117 Å². The van der Waals surface area contributed by atoms with Crippen LogP contribution in [0.25, 0.3) is 0 Å². The number of hydrogen-bond acceptors (Lipinski definition) is 3. The maximum absolute atomic E-state index is 13.0. The van der Waals surface area contributed by atoms with Gasteiger partial charge < -0.3 is 5.11 Å². The lowest BCUT2D eigenvalue weighted by atomic mass is 9.91. The van der Waals surface area contributed by atoms with Gasteiger partial charge in [-0.05, 0) is 29.7 Å². The summed E-state index contributed by atoms with van der Waals surface area (Å²) in [6, 6.07) is 14.1. The van der Waals surface area contributed by atoms with E-state index >= 15 is 0 Å². The van der Waals surface area contributed by atoms with Gasteiger partial charge in [-0.2, -0.15) is 0 Å². The first-order chi connectivity index (χ1) is 15.7. The van der Waals surface area contributed by atoms with Gasteiger partial charge in [0.15, 0.2) is 5.78 Å². The van der Waals surface area contributed by atoms with Crippen LogP contribution in [0.5, 0.6) is 0 Å². The lowest BCUT2D eigenvalue weighted by Crippen LogP contribution is -2.07. The summed E-state index contributed by atoms with van der Waals surface area (Å²) < 4.78 is 0. The van der Waals surface area contributed by atoms with E-state index in [0.29, 0.717) is 0 Å². The van der Waals surface area contributed by atoms with Crippen LogP contribution in [0.15, 0.2) is 47.4 Å². The molecule has 0 aromatic heterocycles. The van der Waals surface area contributed by atoms with Gasteiger partial charge >= 0.3 is 0 Å². The van der Waals surface area contributed by atoms with Crippen LogP contribution in [0, 0.1) is 0 Å². The van der Waals surface area contributed by atoms with Crippen molar-refractivity contribution in [2.75, 3.05) is 6.61 Å². The van der Waals surface area contributed by atoms with Gasteiger partial charge in [0.25, 0.3) is 0 Å². The molecule has 1 N–H and O–H groups in total. The maximum atomic E-state index is 13.0. The van der Waals surface area contributed by atoms with E-state index < -0.39 is 0 Å². The molecule has 0 amide bonds. The number of fused-ring (bicyclic) bond motifs is 2. The molecule has 3 rings (SSSR count). The van der Waals surface area contributed by atoms with Crippen molar-refractivity contribution in [2.24, 2.45) is 0 Å². The Morgan fingerprint density at radius 3 is 2.19 bits per heavy atom. The van der Waals surface area contributed by atoms with Gasteiger partial charge in [-0.3, -0.25) is 4.79 Å². The molecular formula is C29H40O2S. The zero-order valence-corrected chi connectivity index (χ0v) is 20.6. The van der Waals surface area contributed by atoms with Crippen molar-refractivity contribution in [1.29, 1.82) is 0 Å². The average Bonchev–Trinajstić information content (AvgIpc) is 2.96. The molecule has 2 aromatic rings. The van der Waals surface area contributed by atoms with Gasteiger partial charge in [0.05, 0.1) is 0 Å². The van der Waals surface area contributed by atoms with Crippen molar-refractivity contribution in [2.45, 2.75) is 101 Å². The van der Waals surface area contributed by atoms with Gasteiger partial charge in [-0.1, -0.05) is 108 Å². The highest BCUT2D eigenvalue weighted by Gasteiger charge is 2.22. The molecule has 1 aliphatic heterocycles. The fourth-order valence-corrected chi connectivity index (χ4v) is 5.78. The number of ketones is 1. The van der Waals surface area contributed by atoms with Gasteiger partial charge in [0.1, 0.15) is 0 Å². The first-order valence-electron chi connectivity index (χ1n) is 12.7. The molecule has 1 unspecified atom stereocenters. The molecule has 0 fully saturated rings. The highest BCUT2D eigenvalue weighted by Crippen LogP contribution is 2.36. The van der Waals surface area contributed by atoms with Crippen LogP contribution in [-0.4, -0.2) is 17.5 Å². The third-order valence-corrected chi connectivity index (χ3v) is 7.85. The number of carbonyl (C=O) groups is 1. The number of rotatable bonds is 14. The Morgan fingerprint density at radius 2 is 1.50 bits per heavy atom. The van der Waals surface area contributed by atoms with Gasteiger partial charge in [-0.25, -0.2) is 0 Å². The Kier molecular flexibility index (Phi) is 10.8. The molecule has 0 spiro atoms. The standard InChI is InChI=1S/C29H40O2S/c1-2-3-4-5-6-7-8-9-10-11-12-15-24(21-30)23-18-19-27-28(20-23)32-22-25-16-13-14-17-26(25)29(27)31/h13-14,16-20,24,30H,2-12,15,21-22H2,1H3. The Labute approximate surface area is 199 Å². The summed E-state index contributed by atoms with van der Waals surface area (Å²) in [6.07, 6.45) is 15.8. The Morgan fingerprint density at radius 1 is 0.844 bits per heavy atom. The minimum absolute atomic E-state index is 0.123. The number of hydrogen-bond donors (Lipinski definition) is 1. The molecule has 0 radical (unpaired) electrons. The second-order valence-electron chi connectivity index (χ2n) is 9.23. The van der Waals surface area contributed by atoms with Crippen LogP contribution in [0.4, 0.5) is 0 Å². The molecule has 2 nitrogen and oxygen atoms in total. The summed E-state index contributed by atoms with van der Waals surface area (Å²) in [6.45, 7) is 2.45. The predicted molar refractivity (Wildman–Crippen MR) is 137 cm³/mol. The monoisotopic (exact) mass is 452 g/mol.